The van der Waals surface area contributed by atoms with Crippen molar-refractivity contribution in [2.45, 2.75) is 13.5 Å². The molecule has 4 aromatic rings. The molecular formula is C21H18FN5. The van der Waals surface area contributed by atoms with E-state index in [0.29, 0.717) is 29.6 Å². The number of para-hydroxylation sites is 1. The molecule has 5 nitrogen and oxygen atoms in total. The summed E-state index contributed by atoms with van der Waals surface area (Å²) in [7, 11) is 0. The summed E-state index contributed by atoms with van der Waals surface area (Å²) in [4.78, 5) is 13.3. The first-order chi connectivity index (χ1) is 13.2. The molecule has 0 aliphatic carbocycles. The highest BCUT2D eigenvalue weighted by Crippen LogP contribution is 2.24. The van der Waals surface area contributed by atoms with E-state index in [1.165, 1.54) is 6.07 Å². The molecule has 4 rings (SSSR count). The third-order valence-electron chi connectivity index (χ3n) is 4.15. The lowest BCUT2D eigenvalue weighted by atomic mass is 10.2. The molecule has 0 amide bonds. The molecule has 0 radical (unpaired) electrons. The number of fused-ring (bicyclic) bond motifs is 1. The van der Waals surface area contributed by atoms with Crippen LogP contribution in [0.3, 0.4) is 0 Å². The number of aromatic nitrogens is 3. The van der Waals surface area contributed by atoms with E-state index < -0.39 is 0 Å². The van der Waals surface area contributed by atoms with E-state index in [1.54, 1.807) is 24.4 Å². The number of benzene rings is 2. The summed E-state index contributed by atoms with van der Waals surface area (Å²) in [5, 5.41) is 7.52. The molecule has 0 aliphatic heterocycles. The van der Waals surface area contributed by atoms with Crippen molar-refractivity contribution >= 4 is 28.2 Å². The van der Waals surface area contributed by atoms with Gasteiger partial charge in [-0.15, -0.1) is 0 Å². The van der Waals surface area contributed by atoms with Gasteiger partial charge >= 0.3 is 0 Å². The van der Waals surface area contributed by atoms with Crippen LogP contribution in [0.1, 0.15) is 11.4 Å². The van der Waals surface area contributed by atoms with E-state index >= 15 is 0 Å². The largest absolute Gasteiger partial charge is 0.366 e. The van der Waals surface area contributed by atoms with E-state index in [4.69, 9.17) is 0 Å². The molecule has 0 bridgehead atoms. The average molecular weight is 359 g/mol. The van der Waals surface area contributed by atoms with Gasteiger partial charge in [0.2, 0.25) is 0 Å². The van der Waals surface area contributed by atoms with Gasteiger partial charge in [0.25, 0.3) is 0 Å². The van der Waals surface area contributed by atoms with Crippen LogP contribution >= 0.6 is 0 Å². The van der Waals surface area contributed by atoms with Gasteiger partial charge in [0.15, 0.2) is 0 Å². The molecule has 0 saturated carbocycles. The van der Waals surface area contributed by atoms with Gasteiger partial charge in [-0.05, 0) is 25.1 Å². The fourth-order valence-corrected chi connectivity index (χ4v) is 2.89. The molecule has 27 heavy (non-hydrogen) atoms. The number of hydrogen-bond donors (Lipinski definition) is 2. The van der Waals surface area contributed by atoms with Crippen molar-refractivity contribution in [2.24, 2.45) is 0 Å². The predicted molar refractivity (Wildman–Crippen MR) is 106 cm³/mol. The lowest BCUT2D eigenvalue weighted by Gasteiger charge is -2.12. The van der Waals surface area contributed by atoms with Crippen molar-refractivity contribution in [2.75, 3.05) is 10.6 Å². The van der Waals surface area contributed by atoms with Crippen LogP contribution < -0.4 is 10.6 Å². The van der Waals surface area contributed by atoms with Crippen LogP contribution in [-0.2, 0) is 6.54 Å². The lowest BCUT2D eigenvalue weighted by Crippen LogP contribution is -2.06. The van der Waals surface area contributed by atoms with Gasteiger partial charge in [-0.25, -0.2) is 14.4 Å². The predicted octanol–water partition coefficient (Wildman–Crippen LogP) is 4.83. The first kappa shape index (κ1) is 16.9. The first-order valence-corrected chi connectivity index (χ1v) is 8.63. The topological polar surface area (TPSA) is 62.7 Å². The Labute approximate surface area is 156 Å². The average Bonchev–Trinajstić information content (AvgIpc) is 2.67. The molecule has 0 atom stereocenters. The molecule has 6 heteroatoms. The number of nitrogens with zero attached hydrogens (tertiary/aromatic N) is 3. The number of anilines is 3. The number of aryl methyl sites for hydroxylation is 1. The van der Waals surface area contributed by atoms with Crippen molar-refractivity contribution in [3.05, 3.63) is 84.1 Å². The van der Waals surface area contributed by atoms with Gasteiger partial charge in [0.1, 0.15) is 23.3 Å². The molecule has 134 valence electrons. The van der Waals surface area contributed by atoms with Crippen LogP contribution in [0.25, 0.3) is 10.9 Å². The van der Waals surface area contributed by atoms with E-state index in [-0.39, 0.29) is 5.82 Å². The Morgan fingerprint density at radius 3 is 2.63 bits per heavy atom. The first-order valence-electron chi connectivity index (χ1n) is 8.63. The van der Waals surface area contributed by atoms with Crippen LogP contribution in [0.4, 0.5) is 21.7 Å². The molecular weight excluding hydrogens is 341 g/mol. The van der Waals surface area contributed by atoms with E-state index in [2.05, 4.69) is 25.6 Å². The Morgan fingerprint density at radius 1 is 0.926 bits per heavy atom. The maximum Gasteiger partial charge on any atom is 0.136 e. The Bertz CT molecular complexity index is 1090. The molecule has 2 aromatic carbocycles. The van der Waals surface area contributed by atoms with Crippen molar-refractivity contribution in [3.8, 4) is 0 Å². The van der Waals surface area contributed by atoms with Crippen molar-refractivity contribution in [1.82, 2.24) is 15.0 Å². The zero-order valence-electron chi connectivity index (χ0n) is 14.8. The summed E-state index contributed by atoms with van der Waals surface area (Å²) in [5.74, 6) is 1.65. The molecule has 0 saturated heterocycles. The van der Waals surface area contributed by atoms with Crippen molar-refractivity contribution in [3.63, 3.8) is 0 Å². The summed E-state index contributed by atoms with van der Waals surface area (Å²) < 4.78 is 13.8. The molecule has 2 aromatic heterocycles. The Hall–Kier alpha value is -3.54. The molecule has 0 fully saturated rings. The normalized spacial score (nSPS) is 10.7. The van der Waals surface area contributed by atoms with Gasteiger partial charge in [-0.3, -0.25) is 4.98 Å². The minimum absolute atomic E-state index is 0.240. The SMILES string of the molecule is Cc1nc(NCc2ccccc2F)cc(Nc2cccc3cccnc23)n1. The van der Waals surface area contributed by atoms with Crippen LogP contribution in [0.5, 0.6) is 0 Å². The molecule has 2 heterocycles. The maximum absolute atomic E-state index is 13.8. The minimum atomic E-state index is -0.240. The summed E-state index contributed by atoms with van der Waals surface area (Å²) in [6.45, 7) is 2.17. The van der Waals surface area contributed by atoms with Gasteiger partial charge in [-0.2, -0.15) is 0 Å². The summed E-state index contributed by atoms with van der Waals surface area (Å²) >= 11 is 0. The minimum Gasteiger partial charge on any atom is -0.366 e. The van der Waals surface area contributed by atoms with Crippen LogP contribution in [0, 0.1) is 12.7 Å². The van der Waals surface area contributed by atoms with Gasteiger partial charge in [0.05, 0.1) is 11.2 Å². The zero-order valence-corrected chi connectivity index (χ0v) is 14.8. The highest BCUT2D eigenvalue weighted by atomic mass is 19.1. The number of rotatable bonds is 5. The number of halogens is 1. The zero-order chi connectivity index (χ0) is 18.6. The van der Waals surface area contributed by atoms with Gasteiger partial charge in [0, 0.05) is 29.8 Å². The quantitative estimate of drug-likeness (QED) is 0.534. The monoisotopic (exact) mass is 359 g/mol. The molecule has 0 aliphatic rings. The third kappa shape index (κ3) is 3.84. The molecule has 2 N–H and O–H groups in total. The van der Waals surface area contributed by atoms with Gasteiger partial charge < -0.3 is 10.6 Å². The Morgan fingerprint density at radius 2 is 1.74 bits per heavy atom. The number of nitrogens with one attached hydrogen (secondary N) is 2. The second kappa shape index (κ2) is 7.37. The summed E-state index contributed by atoms with van der Waals surface area (Å²) in [6.07, 6.45) is 1.76. The second-order valence-electron chi connectivity index (χ2n) is 6.14. The van der Waals surface area contributed by atoms with Crippen molar-refractivity contribution in [1.29, 1.82) is 0 Å². The smallest absolute Gasteiger partial charge is 0.136 e. The van der Waals surface area contributed by atoms with Crippen molar-refractivity contribution < 1.29 is 4.39 Å². The number of hydrogen-bond acceptors (Lipinski definition) is 5. The van der Waals surface area contributed by atoms with E-state index in [0.717, 1.165) is 16.6 Å². The van der Waals surface area contributed by atoms with E-state index in [1.807, 2.05) is 43.3 Å². The molecule has 0 unspecified atom stereocenters. The lowest BCUT2D eigenvalue weighted by molar-refractivity contribution is 0.613. The van der Waals surface area contributed by atoms with Crippen LogP contribution in [0.15, 0.2) is 66.9 Å². The van der Waals surface area contributed by atoms with E-state index in [9.17, 15) is 4.39 Å². The molecule has 0 spiro atoms. The van der Waals surface area contributed by atoms with Gasteiger partial charge in [-0.1, -0.05) is 36.4 Å². The highest BCUT2D eigenvalue weighted by molar-refractivity contribution is 5.91. The Kier molecular flexibility index (Phi) is 4.61. The fraction of sp³-hybridized carbons (Fsp3) is 0.0952. The van der Waals surface area contributed by atoms with Crippen LogP contribution in [0.2, 0.25) is 0 Å². The third-order valence-corrected chi connectivity index (χ3v) is 4.15. The fourth-order valence-electron chi connectivity index (χ4n) is 2.89. The standard InChI is InChI=1S/C21H18FN5/c1-14-25-19(24-13-16-6-2-3-9-17(16)22)12-20(26-14)27-18-10-4-7-15-8-5-11-23-21(15)18/h2-12H,13H2,1H3,(H2,24,25,26,27). The highest BCUT2D eigenvalue weighted by Gasteiger charge is 2.07. The summed E-state index contributed by atoms with van der Waals surface area (Å²) in [6, 6.07) is 18.3. The number of pyridine rings is 1. The summed E-state index contributed by atoms with van der Waals surface area (Å²) in [5.41, 5.74) is 2.32. The second-order valence-corrected chi connectivity index (χ2v) is 6.14. The van der Waals surface area contributed by atoms with Crippen LogP contribution in [-0.4, -0.2) is 15.0 Å². The maximum atomic E-state index is 13.8. The Balaban J connectivity index is 1.58.